The lowest BCUT2D eigenvalue weighted by molar-refractivity contribution is 0.529. The van der Waals surface area contributed by atoms with Gasteiger partial charge in [-0.25, -0.2) is 0 Å². The van der Waals surface area contributed by atoms with Gasteiger partial charge in [0.15, 0.2) is 4.77 Å². The molecule has 1 unspecified atom stereocenters. The van der Waals surface area contributed by atoms with Crippen LogP contribution in [0, 0.1) is 4.77 Å². The summed E-state index contributed by atoms with van der Waals surface area (Å²) >= 11 is 7.13. The van der Waals surface area contributed by atoms with E-state index >= 15 is 0 Å². The van der Waals surface area contributed by atoms with Gasteiger partial charge in [0.05, 0.1) is 6.04 Å². The Hall–Kier alpha value is -0.940. The lowest BCUT2D eigenvalue weighted by Gasteiger charge is -2.18. The summed E-state index contributed by atoms with van der Waals surface area (Å²) in [6.07, 6.45) is 1.02. The van der Waals surface area contributed by atoms with Gasteiger partial charge in [0, 0.05) is 10.8 Å². The number of H-pyrrole nitrogens is 1. The van der Waals surface area contributed by atoms with Crippen LogP contribution in [-0.2, 0) is 0 Å². The van der Waals surface area contributed by atoms with E-state index in [4.69, 9.17) is 12.2 Å². The number of nitrogens with one attached hydrogen (secondary N) is 1. The summed E-state index contributed by atoms with van der Waals surface area (Å²) in [4.78, 5) is 1.34. The summed E-state index contributed by atoms with van der Waals surface area (Å²) in [5.41, 5.74) is 0. The third kappa shape index (κ3) is 2.35. The fraction of sp³-hybridized carbons (Fsp3) is 0.500. The fourth-order valence-electron chi connectivity index (χ4n) is 2.02. The van der Waals surface area contributed by atoms with Gasteiger partial charge in [0.25, 0.3) is 0 Å². The first kappa shape index (κ1) is 12.5. The van der Waals surface area contributed by atoms with Gasteiger partial charge in [0.2, 0.25) is 0 Å². The Morgan fingerprint density at radius 1 is 1.53 bits per heavy atom. The minimum absolute atomic E-state index is 0.304. The van der Waals surface area contributed by atoms with E-state index in [1.165, 1.54) is 4.88 Å². The quantitative estimate of drug-likeness (QED) is 0.845. The average Bonchev–Trinajstić information content (AvgIpc) is 2.91. The summed E-state index contributed by atoms with van der Waals surface area (Å²) in [6, 6.07) is 4.55. The molecular weight excluding hydrogens is 250 g/mol. The minimum Gasteiger partial charge on any atom is -0.295 e. The maximum absolute atomic E-state index is 5.36. The molecule has 17 heavy (non-hydrogen) atoms. The summed E-state index contributed by atoms with van der Waals surface area (Å²) in [7, 11) is 0. The molecule has 0 saturated carbocycles. The second-order valence-electron chi connectivity index (χ2n) is 4.35. The van der Waals surface area contributed by atoms with E-state index in [0.29, 0.717) is 16.7 Å². The van der Waals surface area contributed by atoms with Crippen LogP contribution in [-0.4, -0.2) is 14.8 Å². The first-order valence-corrected chi connectivity index (χ1v) is 7.14. The van der Waals surface area contributed by atoms with Gasteiger partial charge in [-0.05, 0) is 30.1 Å². The van der Waals surface area contributed by atoms with E-state index in [1.807, 2.05) is 0 Å². The van der Waals surface area contributed by atoms with Crippen LogP contribution in [0.15, 0.2) is 17.5 Å². The Bertz CT molecular complexity index is 522. The highest BCUT2D eigenvalue weighted by Gasteiger charge is 2.19. The number of rotatable bonds is 4. The Balaban J connectivity index is 2.51. The maximum atomic E-state index is 5.36. The van der Waals surface area contributed by atoms with Crippen LogP contribution in [0.1, 0.15) is 49.9 Å². The summed E-state index contributed by atoms with van der Waals surface area (Å²) in [5.74, 6) is 1.41. The zero-order chi connectivity index (χ0) is 12.4. The van der Waals surface area contributed by atoms with Crippen molar-refractivity contribution >= 4 is 23.6 Å². The largest absolute Gasteiger partial charge is 0.295 e. The number of nitrogens with zero attached hydrogens (tertiary/aromatic N) is 2. The molecule has 92 valence electrons. The molecule has 0 amide bonds. The molecule has 3 nitrogen and oxygen atoms in total. The normalized spacial score (nSPS) is 13.2. The number of hydrogen-bond acceptors (Lipinski definition) is 3. The number of aromatic amines is 1. The van der Waals surface area contributed by atoms with Gasteiger partial charge < -0.3 is 0 Å². The van der Waals surface area contributed by atoms with E-state index in [9.17, 15) is 0 Å². The summed E-state index contributed by atoms with van der Waals surface area (Å²) in [5, 5.41) is 9.37. The molecule has 0 fully saturated rings. The summed E-state index contributed by atoms with van der Waals surface area (Å²) in [6.45, 7) is 6.47. The highest BCUT2D eigenvalue weighted by molar-refractivity contribution is 7.71. The summed E-state index contributed by atoms with van der Waals surface area (Å²) < 4.78 is 2.88. The zero-order valence-corrected chi connectivity index (χ0v) is 11.9. The Morgan fingerprint density at radius 2 is 2.29 bits per heavy atom. The lowest BCUT2D eigenvalue weighted by atomic mass is 10.1. The Kier molecular flexibility index (Phi) is 3.79. The third-order valence-corrected chi connectivity index (χ3v) is 4.08. The molecular formula is C12H17N3S2. The lowest BCUT2D eigenvalue weighted by Crippen LogP contribution is -2.13. The number of hydrogen-bond donors (Lipinski definition) is 1. The van der Waals surface area contributed by atoms with Crippen LogP contribution in [0.25, 0.3) is 0 Å². The highest BCUT2D eigenvalue weighted by Crippen LogP contribution is 2.29. The molecule has 2 aromatic heterocycles. The van der Waals surface area contributed by atoms with Crippen LogP contribution >= 0.6 is 23.6 Å². The molecule has 0 aromatic carbocycles. The molecule has 0 radical (unpaired) electrons. The van der Waals surface area contributed by atoms with Gasteiger partial charge in [0.1, 0.15) is 5.82 Å². The standard InChI is InChI=1S/C12H17N3S2/c1-4-9(10-6-5-7-17-10)15-11(8(2)3)13-14-12(15)16/h5-9H,4H2,1-3H3,(H,14,16). The van der Waals surface area contributed by atoms with E-state index < -0.39 is 0 Å². The highest BCUT2D eigenvalue weighted by atomic mass is 32.1. The van der Waals surface area contributed by atoms with Crippen molar-refractivity contribution in [3.05, 3.63) is 33.0 Å². The van der Waals surface area contributed by atoms with Crippen molar-refractivity contribution in [2.24, 2.45) is 0 Å². The second-order valence-corrected chi connectivity index (χ2v) is 5.72. The molecule has 2 aromatic rings. The monoisotopic (exact) mass is 267 g/mol. The Morgan fingerprint density at radius 3 is 2.82 bits per heavy atom. The van der Waals surface area contributed by atoms with Gasteiger partial charge in [-0.3, -0.25) is 9.67 Å². The fourth-order valence-corrected chi connectivity index (χ4v) is 3.18. The van der Waals surface area contributed by atoms with Gasteiger partial charge in [-0.15, -0.1) is 11.3 Å². The molecule has 0 bridgehead atoms. The second kappa shape index (κ2) is 5.14. The molecule has 0 aliphatic rings. The van der Waals surface area contributed by atoms with E-state index in [-0.39, 0.29) is 0 Å². The zero-order valence-electron chi connectivity index (χ0n) is 10.3. The third-order valence-electron chi connectivity index (χ3n) is 2.82. The Labute approximate surface area is 111 Å². The van der Waals surface area contributed by atoms with Crippen molar-refractivity contribution in [3.8, 4) is 0 Å². The number of thiophene rings is 1. The van der Waals surface area contributed by atoms with Crippen LogP contribution in [0.4, 0.5) is 0 Å². The van der Waals surface area contributed by atoms with Crippen molar-refractivity contribution in [2.45, 2.75) is 39.2 Å². The van der Waals surface area contributed by atoms with Crippen molar-refractivity contribution in [3.63, 3.8) is 0 Å². The molecule has 2 heterocycles. The maximum Gasteiger partial charge on any atom is 0.195 e. The van der Waals surface area contributed by atoms with Gasteiger partial charge in [-0.2, -0.15) is 5.10 Å². The van der Waals surface area contributed by atoms with E-state index in [1.54, 1.807) is 11.3 Å². The molecule has 1 N–H and O–H groups in total. The first-order chi connectivity index (χ1) is 8.15. The SMILES string of the molecule is CCC(c1cccs1)n1c(C(C)C)n[nH]c1=S. The molecule has 0 saturated heterocycles. The van der Waals surface area contributed by atoms with Crippen LogP contribution in [0.5, 0.6) is 0 Å². The minimum atomic E-state index is 0.304. The molecule has 0 spiro atoms. The van der Waals surface area contributed by atoms with Crippen LogP contribution in [0.2, 0.25) is 0 Å². The van der Waals surface area contributed by atoms with Crippen LogP contribution < -0.4 is 0 Å². The van der Waals surface area contributed by atoms with Gasteiger partial charge in [-0.1, -0.05) is 26.8 Å². The molecule has 5 heteroatoms. The topological polar surface area (TPSA) is 33.6 Å². The van der Waals surface area contributed by atoms with Crippen LogP contribution in [0.3, 0.4) is 0 Å². The van der Waals surface area contributed by atoms with E-state index in [0.717, 1.165) is 12.2 Å². The van der Waals surface area contributed by atoms with Crippen molar-refractivity contribution < 1.29 is 0 Å². The number of aromatic nitrogens is 3. The average molecular weight is 267 g/mol. The molecule has 2 rings (SSSR count). The molecule has 0 aliphatic carbocycles. The van der Waals surface area contributed by atoms with Gasteiger partial charge >= 0.3 is 0 Å². The first-order valence-electron chi connectivity index (χ1n) is 5.85. The smallest absolute Gasteiger partial charge is 0.195 e. The molecule has 0 aliphatic heterocycles. The predicted octanol–water partition coefficient (Wildman–Crippen LogP) is 4.12. The molecule has 1 atom stereocenters. The van der Waals surface area contributed by atoms with Crippen molar-refractivity contribution in [1.82, 2.24) is 14.8 Å². The predicted molar refractivity (Wildman–Crippen MR) is 74.2 cm³/mol. The van der Waals surface area contributed by atoms with E-state index in [2.05, 4.69) is 53.0 Å². The van der Waals surface area contributed by atoms with Crippen molar-refractivity contribution in [2.75, 3.05) is 0 Å². The van der Waals surface area contributed by atoms with Crippen molar-refractivity contribution in [1.29, 1.82) is 0 Å².